The van der Waals surface area contributed by atoms with Crippen LogP contribution in [0.1, 0.15) is 35.8 Å². The zero-order valence-corrected chi connectivity index (χ0v) is 12.9. The predicted octanol–water partition coefficient (Wildman–Crippen LogP) is 3.83. The quantitative estimate of drug-likeness (QED) is 0.785. The molecule has 1 aromatic carbocycles. The van der Waals surface area contributed by atoms with Gasteiger partial charge in [0.15, 0.2) is 0 Å². The highest BCUT2D eigenvalue weighted by molar-refractivity contribution is 5.91. The summed E-state index contributed by atoms with van der Waals surface area (Å²) in [6.07, 6.45) is 8.78. The van der Waals surface area contributed by atoms with E-state index < -0.39 is 0 Å². The number of carbonyl (C=O) groups excluding carboxylic acids is 1. The first kappa shape index (κ1) is 14.6. The third kappa shape index (κ3) is 3.30. The number of benzene rings is 1. The minimum atomic E-state index is 0.0133. The lowest BCUT2D eigenvalue weighted by Gasteiger charge is -2.17. The number of likely N-dealkylation sites (N-methyl/N-ethyl adjacent to an activating group) is 1. The van der Waals surface area contributed by atoms with Crippen molar-refractivity contribution in [3.8, 4) is 0 Å². The van der Waals surface area contributed by atoms with Gasteiger partial charge in [0.2, 0.25) is 5.91 Å². The highest BCUT2D eigenvalue weighted by atomic mass is 16.3. The van der Waals surface area contributed by atoms with E-state index >= 15 is 0 Å². The van der Waals surface area contributed by atoms with Crippen molar-refractivity contribution in [3.05, 3.63) is 65.1 Å². The summed E-state index contributed by atoms with van der Waals surface area (Å²) in [6, 6.07) is 10.2. The second-order valence-electron chi connectivity index (χ2n) is 5.65. The van der Waals surface area contributed by atoms with Crippen molar-refractivity contribution in [1.29, 1.82) is 0 Å². The summed E-state index contributed by atoms with van der Waals surface area (Å²) >= 11 is 0. The summed E-state index contributed by atoms with van der Waals surface area (Å²) in [4.78, 5) is 14.1. The van der Waals surface area contributed by atoms with Gasteiger partial charge in [0.05, 0.1) is 12.8 Å². The average molecular weight is 295 g/mol. The van der Waals surface area contributed by atoms with Crippen molar-refractivity contribution in [1.82, 2.24) is 4.90 Å². The van der Waals surface area contributed by atoms with Crippen LogP contribution in [0.4, 0.5) is 0 Å². The Hall–Kier alpha value is -2.29. The van der Waals surface area contributed by atoms with Gasteiger partial charge in [-0.1, -0.05) is 18.2 Å². The highest BCUT2D eigenvalue weighted by Gasteiger charge is 2.12. The van der Waals surface area contributed by atoms with Crippen molar-refractivity contribution in [2.24, 2.45) is 0 Å². The first-order chi connectivity index (χ1) is 10.8. The normalized spacial score (nSPS) is 13.5. The minimum Gasteiger partial charge on any atom is -0.467 e. The molecule has 0 bridgehead atoms. The van der Waals surface area contributed by atoms with Gasteiger partial charge in [-0.2, -0.15) is 0 Å². The number of nitrogens with zero attached hydrogens (tertiary/aromatic N) is 1. The Kier molecular flexibility index (Phi) is 4.42. The Morgan fingerprint density at radius 1 is 1.27 bits per heavy atom. The van der Waals surface area contributed by atoms with Crippen LogP contribution in [-0.2, 0) is 24.2 Å². The van der Waals surface area contributed by atoms with Crippen molar-refractivity contribution in [2.75, 3.05) is 6.54 Å². The number of rotatable bonds is 5. The van der Waals surface area contributed by atoms with Crippen LogP contribution < -0.4 is 0 Å². The summed E-state index contributed by atoms with van der Waals surface area (Å²) < 4.78 is 5.31. The van der Waals surface area contributed by atoms with Crippen LogP contribution in [0.15, 0.2) is 47.1 Å². The molecule has 1 aliphatic carbocycles. The fourth-order valence-electron chi connectivity index (χ4n) is 2.90. The predicted molar refractivity (Wildman–Crippen MR) is 87.3 cm³/mol. The number of amides is 1. The molecular formula is C19H21NO2. The van der Waals surface area contributed by atoms with Gasteiger partial charge in [0, 0.05) is 12.6 Å². The maximum absolute atomic E-state index is 12.3. The Balaban J connectivity index is 1.66. The summed E-state index contributed by atoms with van der Waals surface area (Å²) in [5.74, 6) is 0.820. The third-order valence-corrected chi connectivity index (χ3v) is 4.16. The number of hydrogen-bond acceptors (Lipinski definition) is 2. The maximum Gasteiger partial charge on any atom is 0.246 e. The largest absolute Gasteiger partial charge is 0.467 e. The molecule has 1 aliphatic rings. The molecule has 0 aliphatic heterocycles. The number of carbonyl (C=O) groups is 1. The summed E-state index contributed by atoms with van der Waals surface area (Å²) in [6.45, 7) is 3.15. The van der Waals surface area contributed by atoms with Crippen LogP contribution in [-0.4, -0.2) is 17.4 Å². The van der Waals surface area contributed by atoms with Gasteiger partial charge in [-0.15, -0.1) is 0 Å². The van der Waals surface area contributed by atoms with Crippen molar-refractivity contribution in [3.63, 3.8) is 0 Å². The van der Waals surface area contributed by atoms with Gasteiger partial charge in [-0.3, -0.25) is 4.79 Å². The Bertz CT molecular complexity index is 671. The van der Waals surface area contributed by atoms with Gasteiger partial charge < -0.3 is 9.32 Å². The van der Waals surface area contributed by atoms with Crippen LogP contribution in [0.25, 0.3) is 6.08 Å². The molecule has 1 amide bonds. The first-order valence-electron chi connectivity index (χ1n) is 7.87. The Labute approximate surface area is 131 Å². The topological polar surface area (TPSA) is 33.5 Å². The molecule has 3 heteroatoms. The lowest BCUT2D eigenvalue weighted by molar-refractivity contribution is -0.126. The van der Waals surface area contributed by atoms with Gasteiger partial charge >= 0.3 is 0 Å². The van der Waals surface area contributed by atoms with Crippen LogP contribution in [0.3, 0.4) is 0 Å². The molecule has 22 heavy (non-hydrogen) atoms. The molecule has 0 saturated carbocycles. The van der Waals surface area contributed by atoms with E-state index in [4.69, 9.17) is 4.42 Å². The van der Waals surface area contributed by atoms with E-state index in [0.29, 0.717) is 13.1 Å². The molecule has 1 aromatic heterocycles. The van der Waals surface area contributed by atoms with Crippen LogP contribution in [0.5, 0.6) is 0 Å². The molecule has 1 heterocycles. The van der Waals surface area contributed by atoms with E-state index in [1.165, 1.54) is 24.0 Å². The van der Waals surface area contributed by atoms with Crippen molar-refractivity contribution in [2.45, 2.75) is 32.7 Å². The molecule has 3 nitrogen and oxygen atoms in total. The number of hydrogen-bond donors (Lipinski definition) is 0. The van der Waals surface area contributed by atoms with Gasteiger partial charge in [-0.25, -0.2) is 0 Å². The van der Waals surface area contributed by atoms with E-state index in [0.717, 1.165) is 17.7 Å². The standard InChI is InChI=1S/C19H21NO2/c1-2-20(14-18-7-4-12-22-18)19(21)11-9-15-8-10-16-5-3-6-17(16)13-15/h4,7-13H,2-3,5-6,14H2,1H3. The molecule has 0 unspecified atom stereocenters. The van der Waals surface area contributed by atoms with E-state index in [9.17, 15) is 4.79 Å². The molecule has 3 rings (SSSR count). The fraction of sp³-hybridized carbons (Fsp3) is 0.316. The minimum absolute atomic E-state index is 0.0133. The van der Waals surface area contributed by atoms with Gasteiger partial charge in [0.25, 0.3) is 0 Å². The smallest absolute Gasteiger partial charge is 0.246 e. The number of fused-ring (bicyclic) bond motifs is 1. The SMILES string of the molecule is CCN(Cc1ccco1)C(=O)C=Cc1ccc2c(c1)CCC2. The van der Waals surface area contributed by atoms with Crippen LogP contribution in [0, 0.1) is 0 Å². The van der Waals surface area contributed by atoms with E-state index in [-0.39, 0.29) is 5.91 Å². The van der Waals surface area contributed by atoms with E-state index in [2.05, 4.69) is 18.2 Å². The third-order valence-electron chi connectivity index (χ3n) is 4.16. The molecule has 2 aromatic rings. The van der Waals surface area contributed by atoms with Gasteiger partial charge in [0.1, 0.15) is 5.76 Å². The first-order valence-corrected chi connectivity index (χ1v) is 7.87. The summed E-state index contributed by atoms with van der Waals surface area (Å²) in [5, 5.41) is 0. The van der Waals surface area contributed by atoms with Gasteiger partial charge in [-0.05, 0) is 61.1 Å². The number of aryl methyl sites for hydroxylation is 2. The number of furan rings is 1. The van der Waals surface area contributed by atoms with Crippen LogP contribution in [0.2, 0.25) is 0 Å². The molecular weight excluding hydrogens is 274 g/mol. The fourth-order valence-corrected chi connectivity index (χ4v) is 2.90. The van der Waals surface area contributed by atoms with E-state index in [1.807, 2.05) is 25.1 Å². The zero-order valence-electron chi connectivity index (χ0n) is 12.9. The highest BCUT2D eigenvalue weighted by Crippen LogP contribution is 2.23. The molecule has 114 valence electrons. The maximum atomic E-state index is 12.3. The average Bonchev–Trinajstić information content (AvgIpc) is 3.20. The molecule has 0 fully saturated rings. The van der Waals surface area contributed by atoms with Crippen molar-refractivity contribution >= 4 is 12.0 Å². The Morgan fingerprint density at radius 3 is 2.91 bits per heavy atom. The van der Waals surface area contributed by atoms with E-state index in [1.54, 1.807) is 17.2 Å². The molecule has 0 N–H and O–H groups in total. The molecule has 0 spiro atoms. The second-order valence-corrected chi connectivity index (χ2v) is 5.65. The monoisotopic (exact) mass is 295 g/mol. The summed E-state index contributed by atoms with van der Waals surface area (Å²) in [5.41, 5.74) is 3.98. The summed E-state index contributed by atoms with van der Waals surface area (Å²) in [7, 11) is 0. The lowest BCUT2D eigenvalue weighted by atomic mass is 10.1. The Morgan fingerprint density at radius 2 is 2.14 bits per heavy atom. The molecule has 0 radical (unpaired) electrons. The lowest BCUT2D eigenvalue weighted by Crippen LogP contribution is -2.28. The van der Waals surface area contributed by atoms with Crippen molar-refractivity contribution < 1.29 is 9.21 Å². The molecule has 0 saturated heterocycles. The van der Waals surface area contributed by atoms with Crippen LogP contribution >= 0.6 is 0 Å². The zero-order chi connectivity index (χ0) is 15.4. The molecule has 0 atom stereocenters. The second kappa shape index (κ2) is 6.65.